The Morgan fingerprint density at radius 1 is 1.23 bits per heavy atom. The van der Waals surface area contributed by atoms with Crippen molar-refractivity contribution < 1.29 is 4.79 Å². The van der Waals surface area contributed by atoms with E-state index in [2.05, 4.69) is 34.0 Å². The molecule has 0 radical (unpaired) electrons. The van der Waals surface area contributed by atoms with Crippen molar-refractivity contribution in [2.24, 2.45) is 0 Å². The van der Waals surface area contributed by atoms with Crippen LogP contribution in [0.2, 0.25) is 0 Å². The van der Waals surface area contributed by atoms with Gasteiger partial charge in [0.25, 0.3) is 5.91 Å². The summed E-state index contributed by atoms with van der Waals surface area (Å²) in [6.07, 6.45) is 2.88. The number of carbonyl (C=O) groups is 1. The van der Waals surface area contributed by atoms with Crippen LogP contribution < -0.4 is 10.2 Å². The van der Waals surface area contributed by atoms with Crippen LogP contribution in [0.4, 0.5) is 5.82 Å². The minimum absolute atomic E-state index is 0.154. The van der Waals surface area contributed by atoms with Crippen LogP contribution in [0.1, 0.15) is 62.8 Å². The third kappa shape index (κ3) is 4.64. The van der Waals surface area contributed by atoms with E-state index in [0.717, 1.165) is 52.8 Å². The van der Waals surface area contributed by atoms with Gasteiger partial charge in [-0.25, -0.2) is 9.97 Å². The van der Waals surface area contributed by atoms with Gasteiger partial charge >= 0.3 is 0 Å². The summed E-state index contributed by atoms with van der Waals surface area (Å²) in [4.78, 5) is 25.0. The summed E-state index contributed by atoms with van der Waals surface area (Å²) in [5.41, 5.74) is 3.78. The predicted molar refractivity (Wildman–Crippen MR) is 118 cm³/mol. The third-order valence-corrected chi connectivity index (χ3v) is 6.03. The average Bonchev–Trinajstić information content (AvgIpc) is 3.48. The standard InChI is InChI=1S/C22H26N6OS/c1-13-6-5-7-16(10-13)18(24-22(29)20-14(2)26-27-30-20)11-17-12-19(28(3)4)25-21(23-17)15-8-9-15/h5-7,10,12,15,18H,8-9,11H2,1-4H3,(H,24,29)/t18-/m0/s1. The molecule has 1 aromatic carbocycles. The Bertz CT molecular complexity index is 1040. The Labute approximate surface area is 180 Å². The van der Waals surface area contributed by atoms with Gasteiger partial charge in [-0.1, -0.05) is 34.3 Å². The van der Waals surface area contributed by atoms with Crippen LogP contribution in [-0.4, -0.2) is 39.6 Å². The Morgan fingerprint density at radius 2 is 2.03 bits per heavy atom. The van der Waals surface area contributed by atoms with E-state index >= 15 is 0 Å². The molecule has 0 spiro atoms. The lowest BCUT2D eigenvalue weighted by molar-refractivity contribution is 0.0939. The highest BCUT2D eigenvalue weighted by Crippen LogP contribution is 2.38. The van der Waals surface area contributed by atoms with Gasteiger partial charge in [-0.05, 0) is 43.8 Å². The van der Waals surface area contributed by atoms with E-state index in [1.165, 1.54) is 0 Å². The van der Waals surface area contributed by atoms with Crippen molar-refractivity contribution in [2.75, 3.05) is 19.0 Å². The summed E-state index contributed by atoms with van der Waals surface area (Å²) in [5.74, 6) is 2.12. The summed E-state index contributed by atoms with van der Waals surface area (Å²) >= 11 is 1.12. The molecule has 7 nitrogen and oxygen atoms in total. The van der Waals surface area contributed by atoms with Gasteiger partial charge in [0.1, 0.15) is 16.5 Å². The molecule has 2 aromatic heterocycles. The van der Waals surface area contributed by atoms with Gasteiger partial charge in [-0.15, -0.1) is 5.10 Å². The zero-order valence-corrected chi connectivity index (χ0v) is 18.5. The van der Waals surface area contributed by atoms with E-state index in [1.54, 1.807) is 6.92 Å². The molecule has 1 fully saturated rings. The van der Waals surface area contributed by atoms with Crippen molar-refractivity contribution in [3.63, 3.8) is 0 Å². The molecule has 0 unspecified atom stereocenters. The normalized spacial score (nSPS) is 14.4. The molecule has 1 saturated carbocycles. The average molecular weight is 423 g/mol. The van der Waals surface area contributed by atoms with Crippen molar-refractivity contribution in [1.82, 2.24) is 24.9 Å². The quantitative estimate of drug-likeness (QED) is 0.626. The Hall–Kier alpha value is -2.87. The topological polar surface area (TPSA) is 83.9 Å². The van der Waals surface area contributed by atoms with Crippen LogP contribution in [-0.2, 0) is 6.42 Å². The fourth-order valence-corrected chi connectivity index (χ4v) is 3.93. The summed E-state index contributed by atoms with van der Waals surface area (Å²) < 4.78 is 3.89. The lowest BCUT2D eigenvalue weighted by Gasteiger charge is -2.21. The minimum atomic E-state index is -0.212. The summed E-state index contributed by atoms with van der Waals surface area (Å²) in [6, 6.07) is 10.0. The summed E-state index contributed by atoms with van der Waals surface area (Å²) in [6.45, 7) is 3.86. The van der Waals surface area contributed by atoms with E-state index in [0.29, 0.717) is 22.9 Å². The first-order chi connectivity index (χ1) is 14.4. The number of amides is 1. The van der Waals surface area contributed by atoms with Gasteiger partial charge in [0.15, 0.2) is 0 Å². The molecule has 1 aliphatic rings. The number of aryl methyl sites for hydroxylation is 2. The molecule has 4 rings (SSSR count). The van der Waals surface area contributed by atoms with Crippen molar-refractivity contribution in [2.45, 2.75) is 45.1 Å². The van der Waals surface area contributed by atoms with Crippen LogP contribution in [0, 0.1) is 13.8 Å². The number of benzene rings is 1. The molecular weight excluding hydrogens is 396 g/mol. The highest BCUT2D eigenvalue weighted by molar-refractivity contribution is 7.08. The molecule has 156 valence electrons. The van der Waals surface area contributed by atoms with Crippen LogP contribution >= 0.6 is 11.5 Å². The van der Waals surface area contributed by atoms with Gasteiger partial charge in [0.2, 0.25) is 0 Å². The predicted octanol–water partition coefficient (Wildman–Crippen LogP) is 3.60. The first kappa shape index (κ1) is 20.4. The number of anilines is 1. The van der Waals surface area contributed by atoms with E-state index in [4.69, 9.17) is 9.97 Å². The number of nitrogens with one attached hydrogen (secondary N) is 1. The van der Waals surface area contributed by atoms with Gasteiger partial charge in [-0.3, -0.25) is 4.79 Å². The molecule has 3 aromatic rings. The fraction of sp³-hybridized carbons (Fsp3) is 0.409. The van der Waals surface area contributed by atoms with E-state index in [9.17, 15) is 4.79 Å². The molecule has 0 aliphatic heterocycles. The smallest absolute Gasteiger partial charge is 0.265 e. The molecule has 1 atom stereocenters. The maximum absolute atomic E-state index is 12.9. The number of hydrogen-bond acceptors (Lipinski definition) is 7. The SMILES string of the molecule is Cc1cccc([C@H](Cc2cc(N(C)C)nc(C3CC3)n2)NC(=O)c2snnc2C)c1. The van der Waals surface area contributed by atoms with Crippen LogP contribution in [0.25, 0.3) is 0 Å². The maximum Gasteiger partial charge on any atom is 0.265 e. The van der Waals surface area contributed by atoms with Crippen LogP contribution in [0.5, 0.6) is 0 Å². The van der Waals surface area contributed by atoms with Crippen molar-refractivity contribution in [3.8, 4) is 0 Å². The van der Waals surface area contributed by atoms with Gasteiger partial charge in [-0.2, -0.15) is 0 Å². The molecule has 8 heteroatoms. The van der Waals surface area contributed by atoms with E-state index in [-0.39, 0.29) is 11.9 Å². The highest BCUT2D eigenvalue weighted by atomic mass is 32.1. The number of rotatable bonds is 7. The summed E-state index contributed by atoms with van der Waals surface area (Å²) in [7, 11) is 3.98. The number of hydrogen-bond donors (Lipinski definition) is 1. The van der Waals surface area contributed by atoms with Crippen LogP contribution in [0.15, 0.2) is 30.3 Å². The molecule has 1 amide bonds. The highest BCUT2D eigenvalue weighted by Gasteiger charge is 2.28. The Morgan fingerprint density at radius 3 is 2.67 bits per heavy atom. The Balaban J connectivity index is 1.66. The molecule has 0 bridgehead atoms. The summed E-state index contributed by atoms with van der Waals surface area (Å²) in [5, 5.41) is 7.15. The minimum Gasteiger partial charge on any atom is -0.363 e. The van der Waals surface area contributed by atoms with Crippen molar-refractivity contribution in [3.05, 3.63) is 63.5 Å². The van der Waals surface area contributed by atoms with Crippen molar-refractivity contribution >= 4 is 23.3 Å². The third-order valence-electron chi connectivity index (χ3n) is 5.20. The van der Waals surface area contributed by atoms with Crippen molar-refractivity contribution in [1.29, 1.82) is 0 Å². The zero-order chi connectivity index (χ0) is 21.3. The largest absolute Gasteiger partial charge is 0.363 e. The maximum atomic E-state index is 12.9. The zero-order valence-electron chi connectivity index (χ0n) is 17.7. The molecular formula is C22H26N6OS. The molecule has 30 heavy (non-hydrogen) atoms. The van der Waals surface area contributed by atoms with Gasteiger partial charge in [0, 0.05) is 38.2 Å². The second-order valence-electron chi connectivity index (χ2n) is 8.08. The molecule has 0 saturated heterocycles. The van der Waals surface area contributed by atoms with Gasteiger partial charge in [0.05, 0.1) is 11.7 Å². The lowest BCUT2D eigenvalue weighted by Crippen LogP contribution is -2.30. The lowest BCUT2D eigenvalue weighted by atomic mass is 9.99. The number of nitrogens with zero attached hydrogens (tertiary/aromatic N) is 5. The second-order valence-corrected chi connectivity index (χ2v) is 8.83. The number of carbonyl (C=O) groups excluding carboxylic acids is 1. The van der Waals surface area contributed by atoms with E-state index < -0.39 is 0 Å². The first-order valence-corrected chi connectivity index (χ1v) is 10.9. The van der Waals surface area contributed by atoms with Crippen LogP contribution in [0.3, 0.4) is 0 Å². The Kier molecular flexibility index (Phi) is 5.76. The number of aromatic nitrogens is 4. The molecule has 1 N–H and O–H groups in total. The molecule has 1 aliphatic carbocycles. The molecule has 2 heterocycles. The monoisotopic (exact) mass is 422 g/mol. The second kappa shape index (κ2) is 8.47. The fourth-order valence-electron chi connectivity index (χ4n) is 3.37. The first-order valence-electron chi connectivity index (χ1n) is 10.1. The van der Waals surface area contributed by atoms with E-state index in [1.807, 2.05) is 37.2 Å². The van der Waals surface area contributed by atoms with Gasteiger partial charge < -0.3 is 10.2 Å².